The number of nitrogens with one attached hydrogen (secondary N) is 1. The quantitative estimate of drug-likeness (QED) is 0.795. The molecule has 0 aliphatic heterocycles. The Bertz CT molecular complexity index is 405. The van der Waals surface area contributed by atoms with Crippen LogP contribution in [0.3, 0.4) is 0 Å². The molecule has 0 spiro atoms. The average Bonchev–Trinajstić information content (AvgIpc) is 2.37. The van der Waals surface area contributed by atoms with E-state index in [0.717, 1.165) is 11.3 Å². The molecule has 0 bridgehead atoms. The number of anilines is 1. The Kier molecular flexibility index (Phi) is 6.53. The van der Waals surface area contributed by atoms with Crippen LogP contribution in [0.25, 0.3) is 0 Å². The van der Waals surface area contributed by atoms with Gasteiger partial charge < -0.3 is 15.8 Å². The maximum absolute atomic E-state index is 11.9. The van der Waals surface area contributed by atoms with Crippen LogP contribution in [0.2, 0.25) is 0 Å². The van der Waals surface area contributed by atoms with Crippen molar-refractivity contribution in [1.82, 2.24) is 0 Å². The molecular weight excluding hydrogens is 240 g/mol. The molecule has 0 fully saturated rings. The zero-order valence-electron chi connectivity index (χ0n) is 12.0. The van der Waals surface area contributed by atoms with Crippen molar-refractivity contribution in [3.8, 4) is 0 Å². The van der Waals surface area contributed by atoms with E-state index >= 15 is 0 Å². The number of hydrogen-bond acceptors (Lipinski definition) is 3. The van der Waals surface area contributed by atoms with E-state index < -0.39 is 0 Å². The SMILES string of the molecule is CCOCc1ccccc1NC(=O)CC(N)C(C)C. The standard InChI is InChI=1S/C15H24N2O2/c1-4-19-10-12-7-5-6-8-14(12)17-15(18)9-13(16)11(2)3/h5-8,11,13H,4,9-10,16H2,1-3H3,(H,17,18). The monoisotopic (exact) mass is 264 g/mol. The van der Waals surface area contributed by atoms with E-state index in [1.165, 1.54) is 0 Å². The summed E-state index contributed by atoms with van der Waals surface area (Å²) in [5, 5.41) is 2.91. The number of carbonyl (C=O) groups is 1. The molecule has 1 unspecified atom stereocenters. The number of para-hydroxylation sites is 1. The van der Waals surface area contributed by atoms with Crippen molar-refractivity contribution in [2.75, 3.05) is 11.9 Å². The predicted molar refractivity (Wildman–Crippen MR) is 77.8 cm³/mol. The highest BCUT2D eigenvalue weighted by Gasteiger charge is 2.14. The van der Waals surface area contributed by atoms with Crippen LogP contribution >= 0.6 is 0 Å². The van der Waals surface area contributed by atoms with E-state index in [2.05, 4.69) is 5.32 Å². The smallest absolute Gasteiger partial charge is 0.225 e. The van der Waals surface area contributed by atoms with Crippen molar-refractivity contribution in [3.05, 3.63) is 29.8 Å². The predicted octanol–water partition coefficient (Wildman–Crippen LogP) is 2.54. The third kappa shape index (κ3) is 5.41. The number of amides is 1. The third-order valence-electron chi connectivity index (χ3n) is 3.03. The van der Waals surface area contributed by atoms with Gasteiger partial charge in [0, 0.05) is 30.3 Å². The molecule has 3 N–H and O–H groups in total. The van der Waals surface area contributed by atoms with Crippen molar-refractivity contribution < 1.29 is 9.53 Å². The van der Waals surface area contributed by atoms with Crippen LogP contribution in [-0.2, 0) is 16.1 Å². The fraction of sp³-hybridized carbons (Fsp3) is 0.533. The molecule has 1 rings (SSSR count). The molecule has 4 nitrogen and oxygen atoms in total. The molecule has 1 atom stereocenters. The van der Waals surface area contributed by atoms with Gasteiger partial charge >= 0.3 is 0 Å². The van der Waals surface area contributed by atoms with E-state index in [9.17, 15) is 4.79 Å². The van der Waals surface area contributed by atoms with E-state index in [1.807, 2.05) is 45.0 Å². The summed E-state index contributed by atoms with van der Waals surface area (Å²) in [6, 6.07) is 7.55. The summed E-state index contributed by atoms with van der Waals surface area (Å²) >= 11 is 0. The summed E-state index contributed by atoms with van der Waals surface area (Å²) in [6.45, 7) is 7.13. The molecular formula is C15H24N2O2. The second-order valence-corrected chi connectivity index (χ2v) is 4.95. The lowest BCUT2D eigenvalue weighted by Crippen LogP contribution is -2.31. The summed E-state index contributed by atoms with van der Waals surface area (Å²) in [5.74, 6) is 0.245. The molecule has 1 aromatic carbocycles. The maximum atomic E-state index is 11.9. The highest BCUT2D eigenvalue weighted by atomic mass is 16.5. The van der Waals surface area contributed by atoms with Gasteiger partial charge in [0.2, 0.25) is 5.91 Å². The van der Waals surface area contributed by atoms with Crippen LogP contribution in [0.5, 0.6) is 0 Å². The van der Waals surface area contributed by atoms with Gasteiger partial charge in [-0.1, -0.05) is 32.0 Å². The Morgan fingerprint density at radius 1 is 1.37 bits per heavy atom. The van der Waals surface area contributed by atoms with E-state index in [0.29, 0.717) is 25.6 Å². The van der Waals surface area contributed by atoms with Crippen LogP contribution in [0, 0.1) is 5.92 Å². The number of carbonyl (C=O) groups excluding carboxylic acids is 1. The summed E-state index contributed by atoms with van der Waals surface area (Å²) in [6.07, 6.45) is 0.334. The lowest BCUT2D eigenvalue weighted by molar-refractivity contribution is -0.116. The molecule has 1 amide bonds. The minimum absolute atomic E-state index is 0.0508. The van der Waals surface area contributed by atoms with Crippen LogP contribution in [-0.4, -0.2) is 18.6 Å². The number of rotatable bonds is 7. The molecule has 0 heterocycles. The first-order chi connectivity index (χ1) is 9.04. The van der Waals surface area contributed by atoms with Gasteiger partial charge in [-0.25, -0.2) is 0 Å². The number of hydrogen-bond donors (Lipinski definition) is 2. The molecule has 0 aliphatic rings. The number of nitrogens with two attached hydrogens (primary N) is 1. The molecule has 1 aromatic rings. The third-order valence-corrected chi connectivity index (χ3v) is 3.03. The van der Waals surface area contributed by atoms with Crippen molar-refractivity contribution in [2.24, 2.45) is 11.7 Å². The number of benzene rings is 1. The van der Waals surface area contributed by atoms with E-state index in [-0.39, 0.29) is 11.9 Å². The van der Waals surface area contributed by atoms with Crippen LogP contribution in [0.1, 0.15) is 32.8 Å². The van der Waals surface area contributed by atoms with Crippen LogP contribution in [0.4, 0.5) is 5.69 Å². The van der Waals surface area contributed by atoms with Gasteiger partial charge in [-0.2, -0.15) is 0 Å². The second kappa shape index (κ2) is 7.92. The van der Waals surface area contributed by atoms with Crippen molar-refractivity contribution in [3.63, 3.8) is 0 Å². The largest absolute Gasteiger partial charge is 0.377 e. The molecule has 0 aromatic heterocycles. The first-order valence-electron chi connectivity index (χ1n) is 6.75. The van der Waals surface area contributed by atoms with Crippen LogP contribution < -0.4 is 11.1 Å². The van der Waals surface area contributed by atoms with Gasteiger partial charge in [0.25, 0.3) is 0 Å². The summed E-state index contributed by atoms with van der Waals surface area (Å²) in [5.41, 5.74) is 7.69. The Balaban J connectivity index is 2.63. The first kappa shape index (κ1) is 15.7. The zero-order chi connectivity index (χ0) is 14.3. The lowest BCUT2D eigenvalue weighted by Gasteiger charge is -2.16. The summed E-state index contributed by atoms with van der Waals surface area (Å²) < 4.78 is 5.39. The van der Waals surface area contributed by atoms with Gasteiger partial charge in [-0.05, 0) is 18.9 Å². The Morgan fingerprint density at radius 2 is 2.05 bits per heavy atom. The fourth-order valence-corrected chi connectivity index (χ4v) is 1.63. The van der Waals surface area contributed by atoms with Gasteiger partial charge in [0.1, 0.15) is 0 Å². The minimum atomic E-state index is -0.112. The molecule has 19 heavy (non-hydrogen) atoms. The lowest BCUT2D eigenvalue weighted by atomic mass is 10.0. The molecule has 0 saturated carbocycles. The Labute approximate surface area is 115 Å². The Morgan fingerprint density at radius 3 is 2.68 bits per heavy atom. The van der Waals surface area contributed by atoms with Gasteiger partial charge in [-0.3, -0.25) is 4.79 Å². The van der Waals surface area contributed by atoms with Crippen molar-refractivity contribution in [2.45, 2.75) is 39.8 Å². The van der Waals surface area contributed by atoms with E-state index in [1.54, 1.807) is 0 Å². The normalized spacial score (nSPS) is 12.5. The zero-order valence-corrected chi connectivity index (χ0v) is 12.0. The number of ether oxygens (including phenoxy) is 1. The second-order valence-electron chi connectivity index (χ2n) is 4.95. The van der Waals surface area contributed by atoms with Gasteiger partial charge in [0.05, 0.1) is 6.61 Å². The molecule has 0 aliphatic carbocycles. The maximum Gasteiger partial charge on any atom is 0.225 e. The highest BCUT2D eigenvalue weighted by molar-refractivity contribution is 5.91. The van der Waals surface area contributed by atoms with Crippen molar-refractivity contribution >= 4 is 11.6 Å². The first-order valence-corrected chi connectivity index (χ1v) is 6.75. The molecule has 106 valence electrons. The van der Waals surface area contributed by atoms with Crippen LogP contribution in [0.15, 0.2) is 24.3 Å². The van der Waals surface area contributed by atoms with E-state index in [4.69, 9.17) is 10.5 Å². The minimum Gasteiger partial charge on any atom is -0.377 e. The topological polar surface area (TPSA) is 64.3 Å². The molecule has 0 radical (unpaired) electrons. The summed E-state index contributed by atoms with van der Waals surface area (Å²) in [7, 11) is 0. The average molecular weight is 264 g/mol. The fourth-order valence-electron chi connectivity index (χ4n) is 1.63. The highest BCUT2D eigenvalue weighted by Crippen LogP contribution is 2.17. The van der Waals surface area contributed by atoms with Gasteiger partial charge in [0.15, 0.2) is 0 Å². The Hall–Kier alpha value is -1.39. The van der Waals surface area contributed by atoms with Crippen molar-refractivity contribution in [1.29, 1.82) is 0 Å². The molecule has 4 heteroatoms. The molecule has 0 saturated heterocycles. The van der Waals surface area contributed by atoms with Gasteiger partial charge in [-0.15, -0.1) is 0 Å². The summed E-state index contributed by atoms with van der Waals surface area (Å²) in [4.78, 5) is 11.9.